The molecule has 1 aliphatic carbocycles. The standard InChI is InChI=1S/C14H21N3O2/c1-11(12(18)17-8-3-2-4-9-17)16-13(19)14(10-15)6-5-7-14/h11H,2-9H2,1H3,(H,16,19). The van der Waals surface area contributed by atoms with E-state index in [9.17, 15) is 9.59 Å². The summed E-state index contributed by atoms with van der Waals surface area (Å²) in [6.45, 7) is 3.27. The molecule has 0 radical (unpaired) electrons. The van der Waals surface area contributed by atoms with Crippen molar-refractivity contribution in [2.75, 3.05) is 13.1 Å². The zero-order valence-corrected chi connectivity index (χ0v) is 11.4. The van der Waals surface area contributed by atoms with Crippen molar-refractivity contribution in [3.8, 4) is 6.07 Å². The molecule has 0 aromatic rings. The number of hydrogen-bond donors (Lipinski definition) is 1. The van der Waals surface area contributed by atoms with E-state index in [0.29, 0.717) is 12.8 Å². The molecular formula is C14H21N3O2. The monoisotopic (exact) mass is 263 g/mol. The van der Waals surface area contributed by atoms with Gasteiger partial charge >= 0.3 is 0 Å². The quantitative estimate of drug-likeness (QED) is 0.831. The van der Waals surface area contributed by atoms with Gasteiger partial charge in [0.15, 0.2) is 0 Å². The van der Waals surface area contributed by atoms with Gasteiger partial charge in [0.2, 0.25) is 11.8 Å². The van der Waals surface area contributed by atoms with Crippen LogP contribution in [-0.4, -0.2) is 35.8 Å². The number of nitrogens with one attached hydrogen (secondary N) is 1. The Labute approximate surface area is 113 Å². The maximum atomic E-state index is 12.2. The molecule has 0 bridgehead atoms. The van der Waals surface area contributed by atoms with Gasteiger partial charge in [-0.2, -0.15) is 5.26 Å². The first-order chi connectivity index (χ1) is 9.09. The van der Waals surface area contributed by atoms with Crippen LogP contribution in [0.15, 0.2) is 0 Å². The van der Waals surface area contributed by atoms with Crippen LogP contribution >= 0.6 is 0 Å². The van der Waals surface area contributed by atoms with Gasteiger partial charge in [-0.05, 0) is 45.4 Å². The van der Waals surface area contributed by atoms with Crippen LogP contribution in [0.5, 0.6) is 0 Å². The fourth-order valence-electron chi connectivity index (χ4n) is 2.70. The molecule has 1 saturated carbocycles. The number of carbonyl (C=O) groups excluding carboxylic acids is 2. The molecule has 2 rings (SSSR count). The average Bonchev–Trinajstić information content (AvgIpc) is 2.38. The third-order valence-electron chi connectivity index (χ3n) is 4.24. The zero-order chi connectivity index (χ0) is 13.9. The van der Waals surface area contributed by atoms with E-state index in [1.54, 1.807) is 6.92 Å². The van der Waals surface area contributed by atoms with Crippen molar-refractivity contribution < 1.29 is 9.59 Å². The van der Waals surface area contributed by atoms with Gasteiger partial charge in [-0.1, -0.05) is 0 Å². The normalized spacial score (nSPS) is 22.8. The number of rotatable bonds is 3. The van der Waals surface area contributed by atoms with Crippen LogP contribution in [0.25, 0.3) is 0 Å². The molecule has 2 fully saturated rings. The second kappa shape index (κ2) is 5.60. The lowest BCUT2D eigenvalue weighted by atomic mass is 9.69. The van der Waals surface area contributed by atoms with Gasteiger partial charge in [0, 0.05) is 13.1 Å². The highest BCUT2D eigenvalue weighted by Gasteiger charge is 2.45. The number of likely N-dealkylation sites (tertiary alicyclic amines) is 1. The minimum Gasteiger partial charge on any atom is -0.343 e. The fraction of sp³-hybridized carbons (Fsp3) is 0.786. The Kier molecular flexibility index (Phi) is 4.08. The van der Waals surface area contributed by atoms with E-state index < -0.39 is 11.5 Å². The van der Waals surface area contributed by atoms with E-state index >= 15 is 0 Å². The van der Waals surface area contributed by atoms with Gasteiger partial charge in [-0.15, -0.1) is 0 Å². The smallest absolute Gasteiger partial charge is 0.244 e. The van der Waals surface area contributed by atoms with Crippen molar-refractivity contribution in [1.29, 1.82) is 5.26 Å². The molecule has 5 heteroatoms. The van der Waals surface area contributed by atoms with Crippen molar-refractivity contribution in [3.63, 3.8) is 0 Å². The highest BCUT2D eigenvalue weighted by atomic mass is 16.2. The maximum Gasteiger partial charge on any atom is 0.244 e. The Morgan fingerprint density at radius 3 is 2.32 bits per heavy atom. The van der Waals surface area contributed by atoms with E-state index in [0.717, 1.165) is 32.4 Å². The summed E-state index contributed by atoms with van der Waals surface area (Å²) >= 11 is 0. The molecule has 1 heterocycles. The summed E-state index contributed by atoms with van der Waals surface area (Å²) in [4.78, 5) is 26.1. The van der Waals surface area contributed by atoms with Gasteiger partial charge in [-0.3, -0.25) is 9.59 Å². The SMILES string of the molecule is CC(NC(=O)C1(C#N)CCC1)C(=O)N1CCCCC1. The molecule has 1 unspecified atom stereocenters. The predicted molar refractivity (Wildman–Crippen MR) is 69.9 cm³/mol. The number of piperidine rings is 1. The second-order valence-electron chi connectivity index (χ2n) is 5.63. The molecule has 1 N–H and O–H groups in total. The number of nitriles is 1. The molecule has 5 nitrogen and oxygen atoms in total. The van der Waals surface area contributed by atoms with E-state index in [1.807, 2.05) is 4.90 Å². The van der Waals surface area contributed by atoms with Gasteiger partial charge in [0.05, 0.1) is 6.07 Å². The first-order valence-electron chi connectivity index (χ1n) is 7.10. The summed E-state index contributed by atoms with van der Waals surface area (Å²) in [5.74, 6) is -0.306. The second-order valence-corrected chi connectivity index (χ2v) is 5.63. The molecule has 0 aromatic heterocycles. The molecule has 2 aliphatic rings. The third-order valence-corrected chi connectivity index (χ3v) is 4.24. The van der Waals surface area contributed by atoms with Crippen LogP contribution in [-0.2, 0) is 9.59 Å². The third kappa shape index (κ3) is 2.73. The number of nitrogens with zero attached hydrogens (tertiary/aromatic N) is 2. The molecule has 1 saturated heterocycles. The Morgan fingerprint density at radius 2 is 1.84 bits per heavy atom. The first kappa shape index (κ1) is 13.9. The van der Waals surface area contributed by atoms with Crippen molar-refractivity contribution in [2.24, 2.45) is 5.41 Å². The highest BCUT2D eigenvalue weighted by molar-refractivity contribution is 5.91. The first-order valence-corrected chi connectivity index (χ1v) is 7.10. The lowest BCUT2D eigenvalue weighted by Crippen LogP contribution is -2.53. The minimum atomic E-state index is -0.879. The summed E-state index contributed by atoms with van der Waals surface area (Å²) in [5.41, 5.74) is -0.879. The van der Waals surface area contributed by atoms with Crippen LogP contribution < -0.4 is 5.32 Å². The van der Waals surface area contributed by atoms with Gasteiger partial charge in [-0.25, -0.2) is 0 Å². The van der Waals surface area contributed by atoms with E-state index in [1.165, 1.54) is 6.42 Å². The Hall–Kier alpha value is -1.57. The van der Waals surface area contributed by atoms with Crippen LogP contribution in [0, 0.1) is 16.7 Å². The van der Waals surface area contributed by atoms with E-state index in [-0.39, 0.29) is 11.8 Å². The molecular weight excluding hydrogens is 242 g/mol. The predicted octanol–water partition coefficient (Wildman–Crippen LogP) is 1.20. The molecule has 0 spiro atoms. The van der Waals surface area contributed by atoms with E-state index in [4.69, 9.17) is 5.26 Å². The topological polar surface area (TPSA) is 73.2 Å². The number of hydrogen-bond acceptors (Lipinski definition) is 3. The number of amides is 2. The maximum absolute atomic E-state index is 12.2. The van der Waals surface area contributed by atoms with E-state index in [2.05, 4.69) is 11.4 Å². The van der Waals surface area contributed by atoms with Crippen molar-refractivity contribution in [1.82, 2.24) is 10.2 Å². The largest absolute Gasteiger partial charge is 0.343 e. The highest BCUT2D eigenvalue weighted by Crippen LogP contribution is 2.40. The average molecular weight is 263 g/mol. The molecule has 1 aliphatic heterocycles. The minimum absolute atomic E-state index is 0.0273. The van der Waals surface area contributed by atoms with Crippen LogP contribution in [0.2, 0.25) is 0 Å². The summed E-state index contributed by atoms with van der Waals surface area (Å²) < 4.78 is 0. The summed E-state index contributed by atoms with van der Waals surface area (Å²) in [6, 6.07) is 1.57. The molecule has 19 heavy (non-hydrogen) atoms. The molecule has 2 amide bonds. The van der Waals surface area contributed by atoms with Crippen molar-refractivity contribution >= 4 is 11.8 Å². The Morgan fingerprint density at radius 1 is 1.21 bits per heavy atom. The Balaban J connectivity index is 1.89. The zero-order valence-electron chi connectivity index (χ0n) is 11.4. The van der Waals surface area contributed by atoms with Crippen LogP contribution in [0.3, 0.4) is 0 Å². The summed E-state index contributed by atoms with van der Waals surface area (Å²) in [5, 5.41) is 11.8. The van der Waals surface area contributed by atoms with Crippen molar-refractivity contribution in [2.45, 2.75) is 51.5 Å². The lowest BCUT2D eigenvalue weighted by Gasteiger charge is -2.35. The molecule has 104 valence electrons. The fourth-order valence-corrected chi connectivity index (χ4v) is 2.70. The van der Waals surface area contributed by atoms with Crippen LogP contribution in [0.4, 0.5) is 0 Å². The lowest BCUT2D eigenvalue weighted by molar-refractivity contribution is -0.140. The van der Waals surface area contributed by atoms with Crippen LogP contribution in [0.1, 0.15) is 45.4 Å². The Bertz CT molecular complexity index is 403. The van der Waals surface area contributed by atoms with Crippen molar-refractivity contribution in [3.05, 3.63) is 0 Å². The molecule has 0 aromatic carbocycles. The molecule has 1 atom stereocenters. The van der Waals surface area contributed by atoms with Gasteiger partial charge < -0.3 is 10.2 Å². The summed E-state index contributed by atoms with van der Waals surface area (Å²) in [7, 11) is 0. The van der Waals surface area contributed by atoms with Gasteiger partial charge in [0.25, 0.3) is 0 Å². The summed E-state index contributed by atoms with van der Waals surface area (Å²) in [6.07, 6.45) is 5.38. The van der Waals surface area contributed by atoms with Gasteiger partial charge in [0.1, 0.15) is 11.5 Å². The number of carbonyl (C=O) groups is 2.